The molecule has 0 bridgehead atoms. The Morgan fingerprint density at radius 1 is 0.878 bits per heavy atom. The van der Waals surface area contributed by atoms with E-state index < -0.39 is 37.7 Å². The van der Waals surface area contributed by atoms with Crippen molar-refractivity contribution >= 4 is 31.5 Å². The zero-order valence-corrected chi connectivity index (χ0v) is 25.2. The number of nitrogens with zero attached hydrogens (tertiary/aromatic N) is 1. The minimum atomic E-state index is -4.73. The molecule has 0 fully saturated rings. The van der Waals surface area contributed by atoms with Gasteiger partial charge in [-0.05, 0) is 37.0 Å². The van der Waals surface area contributed by atoms with Gasteiger partial charge in [0.1, 0.15) is 17.8 Å². The number of carboxylic acids is 1. The molecule has 3 amide bonds. The van der Waals surface area contributed by atoms with Crippen LogP contribution in [0.25, 0.3) is 0 Å². The molecule has 0 heterocycles. The quantitative estimate of drug-likeness (QED) is 0.104. The van der Waals surface area contributed by atoms with Gasteiger partial charge in [-0.3, -0.25) is 29.0 Å². The van der Waals surface area contributed by atoms with E-state index in [1.807, 2.05) is 0 Å². The monoisotopic (exact) mass is 599 g/mol. The first-order valence-corrected chi connectivity index (χ1v) is 15.8. The molecule has 2 atom stereocenters. The first kappa shape index (κ1) is 36.1. The van der Waals surface area contributed by atoms with Gasteiger partial charge in [0.25, 0.3) is 0 Å². The van der Waals surface area contributed by atoms with Crippen molar-refractivity contribution in [3.63, 3.8) is 0 Å². The Hall–Kier alpha value is -2.95. The Morgan fingerprint density at radius 3 is 1.90 bits per heavy atom. The molecule has 12 nitrogen and oxygen atoms in total. The molecule has 1 rings (SSSR count). The van der Waals surface area contributed by atoms with E-state index in [-0.39, 0.29) is 30.9 Å². The third-order valence-electron chi connectivity index (χ3n) is 6.42. The van der Waals surface area contributed by atoms with Crippen LogP contribution in [0.4, 0.5) is 0 Å². The largest absolute Gasteiger partial charge is 0.524 e. The van der Waals surface area contributed by atoms with Gasteiger partial charge >= 0.3 is 13.8 Å². The van der Waals surface area contributed by atoms with Crippen LogP contribution in [0.2, 0.25) is 0 Å². The number of amides is 3. The standard InChI is InChI=1S/C28H46N3O9P/c1-4-6-8-10-18-31(19-11-9-7-5-2)28(36)24(16-17-26(33)34)30-27(35)25(29-21(3)32)20-22-12-14-23(15-13-22)40-41(37,38)39/h12-15,24-25H,4-11,16-20H2,1-3H3,(H,29,32)(H,30,35)(H,33,34)(H2,37,38,39)/t24-,25-/m0/s1. The molecule has 13 heteroatoms. The maximum absolute atomic E-state index is 13.6. The molecular weight excluding hydrogens is 553 g/mol. The fourth-order valence-electron chi connectivity index (χ4n) is 4.32. The van der Waals surface area contributed by atoms with E-state index in [0.29, 0.717) is 18.7 Å². The smallest absolute Gasteiger partial charge is 0.481 e. The number of hydrogen-bond donors (Lipinski definition) is 5. The molecule has 0 aliphatic carbocycles. The predicted octanol–water partition coefficient (Wildman–Crippen LogP) is 3.54. The third kappa shape index (κ3) is 16.2. The first-order chi connectivity index (χ1) is 19.4. The van der Waals surface area contributed by atoms with Crippen LogP contribution in [0.5, 0.6) is 5.75 Å². The summed E-state index contributed by atoms with van der Waals surface area (Å²) in [6, 6.07) is 3.48. The number of carbonyl (C=O) groups excluding carboxylic acids is 3. The van der Waals surface area contributed by atoms with E-state index in [1.54, 1.807) is 4.90 Å². The van der Waals surface area contributed by atoms with Crippen LogP contribution < -0.4 is 15.2 Å². The fourth-order valence-corrected chi connectivity index (χ4v) is 4.72. The Kier molecular flexibility index (Phi) is 16.9. The summed E-state index contributed by atoms with van der Waals surface area (Å²) in [6.45, 7) is 6.48. The van der Waals surface area contributed by atoms with Gasteiger partial charge in [-0.1, -0.05) is 64.5 Å². The van der Waals surface area contributed by atoms with Gasteiger partial charge in [-0.25, -0.2) is 4.57 Å². The molecule has 41 heavy (non-hydrogen) atoms. The number of rotatable bonds is 21. The van der Waals surface area contributed by atoms with Gasteiger partial charge in [0, 0.05) is 32.9 Å². The molecule has 0 saturated carbocycles. The van der Waals surface area contributed by atoms with Gasteiger partial charge in [0.15, 0.2) is 0 Å². The maximum atomic E-state index is 13.6. The molecule has 0 aliphatic heterocycles. The second-order valence-corrected chi connectivity index (χ2v) is 11.3. The zero-order chi connectivity index (χ0) is 30.8. The molecule has 5 N–H and O–H groups in total. The van der Waals surface area contributed by atoms with Crippen LogP contribution in [0.3, 0.4) is 0 Å². The summed E-state index contributed by atoms with van der Waals surface area (Å²) < 4.78 is 15.6. The van der Waals surface area contributed by atoms with Crippen molar-refractivity contribution in [3.05, 3.63) is 29.8 Å². The fraction of sp³-hybridized carbons (Fsp3) is 0.643. The molecule has 0 unspecified atom stereocenters. The number of phosphoric ester groups is 1. The Bertz CT molecular complexity index is 1000. The molecule has 0 radical (unpaired) electrons. The van der Waals surface area contributed by atoms with Gasteiger partial charge in [0.2, 0.25) is 17.7 Å². The molecule has 232 valence electrons. The van der Waals surface area contributed by atoms with E-state index in [1.165, 1.54) is 31.2 Å². The molecule has 1 aromatic carbocycles. The number of hydrogen-bond acceptors (Lipinski definition) is 6. The van der Waals surface area contributed by atoms with E-state index in [4.69, 9.17) is 9.79 Å². The van der Waals surface area contributed by atoms with Crippen molar-refractivity contribution in [1.82, 2.24) is 15.5 Å². The summed E-state index contributed by atoms with van der Waals surface area (Å²) in [4.78, 5) is 69.9. The maximum Gasteiger partial charge on any atom is 0.524 e. The second-order valence-electron chi connectivity index (χ2n) is 10.1. The van der Waals surface area contributed by atoms with E-state index in [2.05, 4.69) is 29.0 Å². The average molecular weight is 600 g/mol. The van der Waals surface area contributed by atoms with Gasteiger partial charge in [-0.2, -0.15) is 0 Å². The van der Waals surface area contributed by atoms with Crippen LogP contribution in [-0.2, 0) is 30.2 Å². The van der Waals surface area contributed by atoms with Crippen molar-refractivity contribution in [2.24, 2.45) is 0 Å². The minimum Gasteiger partial charge on any atom is -0.481 e. The molecule has 1 aromatic rings. The lowest BCUT2D eigenvalue weighted by molar-refractivity contribution is -0.140. The van der Waals surface area contributed by atoms with Gasteiger partial charge in [0.05, 0.1) is 0 Å². The van der Waals surface area contributed by atoms with Crippen LogP contribution in [0.1, 0.15) is 90.5 Å². The summed E-state index contributed by atoms with van der Waals surface area (Å²) in [5.74, 6) is -2.62. The summed E-state index contributed by atoms with van der Waals surface area (Å²) in [5.41, 5.74) is 0.554. The van der Waals surface area contributed by atoms with E-state index >= 15 is 0 Å². The lowest BCUT2D eigenvalue weighted by Crippen LogP contribution is -2.55. The molecule has 0 aliphatic rings. The molecular formula is C28H46N3O9P. The predicted molar refractivity (Wildman–Crippen MR) is 154 cm³/mol. The van der Waals surface area contributed by atoms with E-state index in [0.717, 1.165) is 51.4 Å². The lowest BCUT2D eigenvalue weighted by Gasteiger charge is -2.29. The number of unbranched alkanes of at least 4 members (excludes halogenated alkanes) is 6. The van der Waals surface area contributed by atoms with Crippen molar-refractivity contribution in [3.8, 4) is 5.75 Å². The van der Waals surface area contributed by atoms with Crippen molar-refractivity contribution in [1.29, 1.82) is 0 Å². The molecule has 0 aromatic heterocycles. The minimum absolute atomic E-state index is 0.0131. The van der Waals surface area contributed by atoms with E-state index in [9.17, 15) is 28.8 Å². The summed E-state index contributed by atoms with van der Waals surface area (Å²) >= 11 is 0. The normalized spacial score (nSPS) is 12.7. The summed E-state index contributed by atoms with van der Waals surface area (Å²) in [7, 11) is -4.73. The number of nitrogens with one attached hydrogen (secondary N) is 2. The zero-order valence-electron chi connectivity index (χ0n) is 24.3. The van der Waals surface area contributed by atoms with Crippen LogP contribution >= 0.6 is 7.82 Å². The highest BCUT2D eigenvalue weighted by Crippen LogP contribution is 2.37. The highest BCUT2D eigenvalue weighted by molar-refractivity contribution is 7.46. The summed E-state index contributed by atoms with van der Waals surface area (Å²) in [5, 5.41) is 14.5. The Balaban J connectivity index is 3.09. The van der Waals surface area contributed by atoms with Crippen molar-refractivity contribution in [2.75, 3.05) is 13.1 Å². The first-order valence-electron chi connectivity index (χ1n) is 14.3. The van der Waals surface area contributed by atoms with Crippen LogP contribution in [0.15, 0.2) is 24.3 Å². The Labute approximate surface area is 242 Å². The summed E-state index contributed by atoms with van der Waals surface area (Å²) in [6.07, 6.45) is 7.32. The third-order valence-corrected chi connectivity index (χ3v) is 6.87. The Morgan fingerprint density at radius 2 is 1.44 bits per heavy atom. The number of carbonyl (C=O) groups is 4. The van der Waals surface area contributed by atoms with Gasteiger partial charge in [-0.15, -0.1) is 0 Å². The number of phosphoric acid groups is 1. The highest BCUT2D eigenvalue weighted by Gasteiger charge is 2.30. The van der Waals surface area contributed by atoms with Gasteiger partial charge < -0.3 is 25.2 Å². The SMILES string of the molecule is CCCCCCN(CCCCCC)C(=O)[C@H](CCC(=O)O)NC(=O)[C@H](Cc1ccc(OP(=O)(O)O)cc1)NC(C)=O. The van der Waals surface area contributed by atoms with Crippen molar-refractivity contribution in [2.45, 2.75) is 103 Å². The topological polar surface area (TPSA) is 183 Å². The molecule has 0 spiro atoms. The average Bonchev–Trinajstić information content (AvgIpc) is 2.89. The molecule has 0 saturated heterocycles. The number of benzene rings is 1. The van der Waals surface area contributed by atoms with Crippen molar-refractivity contribution < 1.29 is 43.2 Å². The number of carboxylic acid groups (broad SMARTS) is 1. The lowest BCUT2D eigenvalue weighted by atomic mass is 10.0. The second kappa shape index (κ2) is 19.2. The number of aliphatic carboxylic acids is 1. The highest BCUT2D eigenvalue weighted by atomic mass is 31.2. The van der Waals surface area contributed by atoms with Crippen LogP contribution in [-0.4, -0.2) is 68.7 Å². The van der Waals surface area contributed by atoms with Crippen LogP contribution in [0, 0.1) is 0 Å².